The first kappa shape index (κ1) is 8.75. The fourth-order valence-corrected chi connectivity index (χ4v) is 2.06. The van der Waals surface area contributed by atoms with Crippen LogP contribution in [0.25, 0.3) is 0 Å². The van der Waals surface area contributed by atoms with Crippen molar-refractivity contribution < 1.29 is 5.11 Å². The Morgan fingerprint density at radius 1 is 1.73 bits per heavy atom. The Morgan fingerprint density at radius 3 is 2.73 bits per heavy atom. The molecule has 0 bridgehead atoms. The molecule has 0 amide bonds. The third kappa shape index (κ3) is 1.63. The first-order valence-electron chi connectivity index (χ1n) is 3.74. The molecule has 1 aromatic heterocycles. The van der Waals surface area contributed by atoms with E-state index < -0.39 is 0 Å². The number of thiophene rings is 1. The Balaban J connectivity index is 2.94. The van der Waals surface area contributed by atoms with Gasteiger partial charge in [-0.05, 0) is 36.8 Å². The smallest absolute Gasteiger partial charge is 0.0882 e. The third-order valence-electron chi connectivity index (χ3n) is 1.87. The number of hydrogen-bond donors (Lipinski definition) is 1. The van der Waals surface area contributed by atoms with Crippen LogP contribution >= 0.6 is 11.3 Å². The van der Waals surface area contributed by atoms with Gasteiger partial charge in [-0.25, -0.2) is 0 Å². The van der Waals surface area contributed by atoms with Crippen LogP contribution < -0.4 is 0 Å². The minimum absolute atomic E-state index is 0.296. The number of aliphatic hydroxyl groups excluding tert-OH is 1. The number of aliphatic hydroxyl groups is 1. The zero-order valence-corrected chi connectivity index (χ0v) is 7.74. The summed E-state index contributed by atoms with van der Waals surface area (Å²) in [4.78, 5) is 1.07. The maximum Gasteiger partial charge on any atom is 0.0882 e. The second kappa shape index (κ2) is 3.37. The lowest BCUT2D eigenvalue weighted by Gasteiger charge is -2.05. The molecule has 1 heterocycles. The summed E-state index contributed by atoms with van der Waals surface area (Å²) in [6.07, 6.45) is 0.483. The number of hydrogen-bond acceptors (Lipinski definition) is 2. The van der Waals surface area contributed by atoms with Gasteiger partial charge in [0.1, 0.15) is 0 Å². The summed E-state index contributed by atoms with van der Waals surface area (Å²) in [7, 11) is 0. The molecule has 1 atom stereocenters. The third-order valence-corrected chi connectivity index (χ3v) is 3.10. The minimum atomic E-state index is -0.296. The lowest BCUT2D eigenvalue weighted by Crippen LogP contribution is -1.93. The predicted octanol–water partition coefficient (Wildman–Crippen LogP) is 2.68. The van der Waals surface area contributed by atoms with Crippen LogP contribution in [-0.2, 0) is 0 Å². The highest BCUT2D eigenvalue weighted by molar-refractivity contribution is 7.10. The molecule has 0 saturated heterocycles. The molecule has 0 aliphatic carbocycles. The van der Waals surface area contributed by atoms with Crippen molar-refractivity contribution in [2.45, 2.75) is 26.4 Å². The predicted molar refractivity (Wildman–Crippen MR) is 48.8 cm³/mol. The zero-order valence-electron chi connectivity index (χ0n) is 6.92. The lowest BCUT2D eigenvalue weighted by molar-refractivity contribution is 0.177. The van der Waals surface area contributed by atoms with Crippen LogP contribution in [0, 0.1) is 13.8 Å². The highest BCUT2D eigenvalue weighted by atomic mass is 32.1. The van der Waals surface area contributed by atoms with E-state index in [2.05, 4.69) is 6.92 Å². The molecule has 1 nitrogen and oxygen atoms in total. The van der Waals surface area contributed by atoms with Crippen LogP contribution in [0.4, 0.5) is 0 Å². The van der Waals surface area contributed by atoms with E-state index in [0.717, 1.165) is 22.4 Å². The molecule has 1 unspecified atom stereocenters. The van der Waals surface area contributed by atoms with Crippen molar-refractivity contribution in [3.63, 3.8) is 0 Å². The van der Waals surface area contributed by atoms with Gasteiger partial charge in [0.25, 0.3) is 0 Å². The Hall–Kier alpha value is -0.340. The molecule has 0 aliphatic rings. The van der Waals surface area contributed by atoms with Gasteiger partial charge >= 0.3 is 0 Å². The summed E-state index contributed by atoms with van der Waals surface area (Å²) in [5.41, 5.74) is 2.18. The molecule has 11 heavy (non-hydrogen) atoms. The molecule has 1 radical (unpaired) electrons. The van der Waals surface area contributed by atoms with Gasteiger partial charge in [-0.3, -0.25) is 0 Å². The van der Waals surface area contributed by atoms with Gasteiger partial charge in [-0.2, -0.15) is 0 Å². The standard InChI is InChI=1S/C9H13OS/c1-4-8(10)9-7(3)6(2)5-11-9/h5,8,10H,2,4H2,1,3H3. The van der Waals surface area contributed by atoms with Gasteiger partial charge in [0.05, 0.1) is 6.10 Å². The first-order chi connectivity index (χ1) is 5.16. The summed E-state index contributed by atoms with van der Waals surface area (Å²) in [5.74, 6) is 0. The van der Waals surface area contributed by atoms with Crippen LogP contribution in [0.2, 0.25) is 0 Å². The van der Waals surface area contributed by atoms with Crippen molar-refractivity contribution in [1.82, 2.24) is 0 Å². The van der Waals surface area contributed by atoms with Crippen LogP contribution in [0.1, 0.15) is 35.5 Å². The summed E-state index contributed by atoms with van der Waals surface area (Å²) in [6, 6.07) is 0. The van der Waals surface area contributed by atoms with E-state index in [1.807, 2.05) is 19.2 Å². The van der Waals surface area contributed by atoms with E-state index in [-0.39, 0.29) is 6.10 Å². The summed E-state index contributed by atoms with van der Waals surface area (Å²) in [5, 5.41) is 11.5. The Labute approximate surface area is 71.7 Å². The molecule has 0 saturated carbocycles. The van der Waals surface area contributed by atoms with E-state index in [9.17, 15) is 5.11 Å². The monoisotopic (exact) mass is 169 g/mol. The average molecular weight is 169 g/mol. The second-order valence-corrected chi connectivity index (χ2v) is 3.59. The van der Waals surface area contributed by atoms with Crippen molar-refractivity contribution in [2.75, 3.05) is 0 Å². The minimum Gasteiger partial charge on any atom is -0.388 e. The summed E-state index contributed by atoms with van der Waals surface area (Å²) in [6.45, 7) is 7.84. The quantitative estimate of drug-likeness (QED) is 0.721. The molecule has 1 aromatic rings. The maximum atomic E-state index is 9.51. The molecule has 0 aromatic carbocycles. The largest absolute Gasteiger partial charge is 0.388 e. The molecular weight excluding hydrogens is 156 g/mol. The SMILES string of the molecule is [CH2]c1csc(C(O)CC)c1C. The average Bonchev–Trinajstić information content (AvgIpc) is 2.32. The summed E-state index contributed by atoms with van der Waals surface area (Å²) < 4.78 is 0. The van der Waals surface area contributed by atoms with Crippen LogP contribution in [0.3, 0.4) is 0 Å². The number of rotatable bonds is 2. The molecular formula is C9H13OS. The Kier molecular flexibility index (Phi) is 2.68. The van der Waals surface area contributed by atoms with Gasteiger partial charge in [0, 0.05) is 4.88 Å². The zero-order chi connectivity index (χ0) is 8.43. The van der Waals surface area contributed by atoms with Gasteiger partial charge in [-0.15, -0.1) is 11.3 Å². The van der Waals surface area contributed by atoms with Gasteiger partial charge in [0.2, 0.25) is 0 Å². The molecule has 0 aliphatic heterocycles. The van der Waals surface area contributed by atoms with E-state index in [0.29, 0.717) is 0 Å². The first-order valence-corrected chi connectivity index (χ1v) is 4.62. The molecule has 1 N–H and O–H groups in total. The van der Waals surface area contributed by atoms with Gasteiger partial charge in [-0.1, -0.05) is 6.92 Å². The van der Waals surface area contributed by atoms with Crippen molar-refractivity contribution in [3.8, 4) is 0 Å². The van der Waals surface area contributed by atoms with Crippen molar-refractivity contribution in [2.24, 2.45) is 0 Å². The highest BCUT2D eigenvalue weighted by Gasteiger charge is 2.10. The highest BCUT2D eigenvalue weighted by Crippen LogP contribution is 2.28. The molecule has 61 valence electrons. The van der Waals surface area contributed by atoms with Crippen LogP contribution in [-0.4, -0.2) is 5.11 Å². The van der Waals surface area contributed by atoms with Crippen LogP contribution in [0.5, 0.6) is 0 Å². The lowest BCUT2D eigenvalue weighted by atomic mass is 10.1. The van der Waals surface area contributed by atoms with E-state index >= 15 is 0 Å². The molecule has 0 fully saturated rings. The van der Waals surface area contributed by atoms with Gasteiger partial charge in [0.15, 0.2) is 0 Å². The van der Waals surface area contributed by atoms with E-state index in [1.165, 1.54) is 0 Å². The molecule has 0 spiro atoms. The summed E-state index contributed by atoms with van der Waals surface area (Å²) >= 11 is 1.60. The van der Waals surface area contributed by atoms with E-state index in [4.69, 9.17) is 0 Å². The normalized spacial score (nSPS) is 13.5. The fraction of sp³-hybridized carbons (Fsp3) is 0.444. The topological polar surface area (TPSA) is 20.2 Å². The molecule has 1 rings (SSSR count). The van der Waals surface area contributed by atoms with Gasteiger partial charge < -0.3 is 5.11 Å². The second-order valence-electron chi connectivity index (χ2n) is 2.67. The van der Waals surface area contributed by atoms with Crippen molar-refractivity contribution in [3.05, 3.63) is 28.3 Å². The van der Waals surface area contributed by atoms with Crippen molar-refractivity contribution >= 4 is 11.3 Å². The maximum absolute atomic E-state index is 9.51. The van der Waals surface area contributed by atoms with Crippen LogP contribution in [0.15, 0.2) is 5.38 Å². The fourth-order valence-electron chi connectivity index (χ4n) is 0.983. The Morgan fingerprint density at radius 2 is 2.36 bits per heavy atom. The van der Waals surface area contributed by atoms with E-state index in [1.54, 1.807) is 11.3 Å². The van der Waals surface area contributed by atoms with Crippen molar-refractivity contribution in [1.29, 1.82) is 0 Å². The molecule has 2 heteroatoms. The Bertz CT molecular complexity index is 240.